The second-order valence-corrected chi connectivity index (χ2v) is 3.50. The van der Waals surface area contributed by atoms with Crippen LogP contribution in [0.3, 0.4) is 0 Å². The monoisotopic (exact) mass is 182 g/mol. The molecule has 1 rings (SSSR count). The second kappa shape index (κ2) is 3.75. The zero-order valence-electron chi connectivity index (χ0n) is 7.79. The van der Waals surface area contributed by atoms with Gasteiger partial charge in [0.15, 0.2) is 0 Å². The first-order valence-electron chi connectivity index (χ1n) is 4.44. The Hall–Kier alpha value is -1.08. The summed E-state index contributed by atoms with van der Waals surface area (Å²) in [5.41, 5.74) is -0.774. The van der Waals surface area contributed by atoms with Crippen molar-refractivity contribution >= 4 is 5.91 Å². The Morgan fingerprint density at radius 2 is 2.31 bits per heavy atom. The minimum absolute atomic E-state index is 0.0518. The highest BCUT2D eigenvalue weighted by atomic mass is 16.3. The number of aliphatic hydroxyl groups is 1. The molecule has 1 saturated carbocycles. The van der Waals surface area contributed by atoms with Crippen LogP contribution in [-0.2, 0) is 4.79 Å². The Morgan fingerprint density at radius 3 is 2.62 bits per heavy atom. The molecule has 0 bridgehead atoms. The van der Waals surface area contributed by atoms with Crippen molar-refractivity contribution in [1.29, 1.82) is 5.26 Å². The summed E-state index contributed by atoms with van der Waals surface area (Å²) in [6.45, 7) is 0.256. The van der Waals surface area contributed by atoms with Crippen molar-refractivity contribution in [3.63, 3.8) is 0 Å². The maximum atomic E-state index is 11.7. The molecule has 0 aliphatic heterocycles. The molecule has 0 heterocycles. The lowest BCUT2D eigenvalue weighted by Crippen LogP contribution is -2.46. The lowest BCUT2D eigenvalue weighted by atomic mass is 9.69. The average Bonchev–Trinajstić information content (AvgIpc) is 2.03. The van der Waals surface area contributed by atoms with Crippen LogP contribution in [0.25, 0.3) is 0 Å². The van der Waals surface area contributed by atoms with Gasteiger partial charge in [0, 0.05) is 13.6 Å². The Kier molecular flexibility index (Phi) is 2.89. The number of hydrogen-bond donors (Lipinski definition) is 1. The highest BCUT2D eigenvalue weighted by Gasteiger charge is 2.45. The summed E-state index contributed by atoms with van der Waals surface area (Å²) in [5, 5.41) is 17.5. The molecule has 4 nitrogen and oxygen atoms in total. The van der Waals surface area contributed by atoms with Gasteiger partial charge in [-0.15, -0.1) is 0 Å². The molecule has 1 N–H and O–H groups in total. The molecule has 0 spiro atoms. The van der Waals surface area contributed by atoms with E-state index in [1.807, 2.05) is 0 Å². The van der Waals surface area contributed by atoms with Crippen LogP contribution in [-0.4, -0.2) is 36.1 Å². The summed E-state index contributed by atoms with van der Waals surface area (Å²) in [5.74, 6) is -0.143. The second-order valence-electron chi connectivity index (χ2n) is 3.50. The van der Waals surface area contributed by atoms with Crippen molar-refractivity contribution in [2.24, 2.45) is 5.41 Å². The normalized spacial score (nSPS) is 18.5. The van der Waals surface area contributed by atoms with E-state index in [9.17, 15) is 4.79 Å². The van der Waals surface area contributed by atoms with Gasteiger partial charge in [0.25, 0.3) is 0 Å². The first-order chi connectivity index (χ1) is 6.16. The third-order valence-electron chi connectivity index (χ3n) is 2.61. The first-order valence-corrected chi connectivity index (χ1v) is 4.44. The molecule has 0 aromatic rings. The molecular formula is C9H14N2O2. The maximum absolute atomic E-state index is 11.7. The number of aliphatic hydroxyl groups excluding tert-OH is 1. The molecule has 1 amide bonds. The summed E-state index contributed by atoms with van der Waals surface area (Å²) in [4.78, 5) is 13.1. The fourth-order valence-electron chi connectivity index (χ4n) is 1.52. The quantitative estimate of drug-likeness (QED) is 0.674. The molecule has 0 aromatic heterocycles. The van der Waals surface area contributed by atoms with E-state index >= 15 is 0 Å². The van der Waals surface area contributed by atoms with Crippen LogP contribution in [0.15, 0.2) is 0 Å². The van der Waals surface area contributed by atoms with Gasteiger partial charge in [0.05, 0.1) is 12.7 Å². The zero-order chi connectivity index (χ0) is 9.90. The fraction of sp³-hybridized carbons (Fsp3) is 0.778. The average molecular weight is 182 g/mol. The summed E-state index contributed by atoms with van der Waals surface area (Å²) < 4.78 is 0. The van der Waals surface area contributed by atoms with Crippen LogP contribution >= 0.6 is 0 Å². The smallest absolute Gasteiger partial charge is 0.242 e. The number of rotatable bonds is 3. The van der Waals surface area contributed by atoms with Gasteiger partial charge in [-0.05, 0) is 19.3 Å². The van der Waals surface area contributed by atoms with Crippen molar-refractivity contribution < 1.29 is 9.90 Å². The van der Waals surface area contributed by atoms with E-state index in [0.717, 1.165) is 6.42 Å². The van der Waals surface area contributed by atoms with Crippen LogP contribution in [0.5, 0.6) is 0 Å². The van der Waals surface area contributed by atoms with Crippen molar-refractivity contribution in [2.45, 2.75) is 19.3 Å². The SMILES string of the molecule is CN(CCO)C(=O)C1(C#N)CCC1. The van der Waals surface area contributed by atoms with Gasteiger partial charge in [0.2, 0.25) is 5.91 Å². The summed E-state index contributed by atoms with van der Waals surface area (Å²) in [6, 6.07) is 2.08. The van der Waals surface area contributed by atoms with E-state index in [2.05, 4.69) is 6.07 Å². The predicted molar refractivity (Wildman–Crippen MR) is 46.6 cm³/mol. The van der Waals surface area contributed by atoms with Crippen LogP contribution in [0.4, 0.5) is 0 Å². The van der Waals surface area contributed by atoms with E-state index in [-0.39, 0.29) is 12.5 Å². The van der Waals surface area contributed by atoms with E-state index in [1.54, 1.807) is 7.05 Å². The third kappa shape index (κ3) is 1.65. The molecule has 0 atom stereocenters. The molecule has 72 valence electrons. The number of amides is 1. The Labute approximate surface area is 77.8 Å². The Balaban J connectivity index is 2.61. The number of nitriles is 1. The van der Waals surface area contributed by atoms with Gasteiger partial charge in [0.1, 0.15) is 5.41 Å². The number of likely N-dealkylation sites (N-methyl/N-ethyl adjacent to an activating group) is 1. The van der Waals surface area contributed by atoms with Gasteiger partial charge in [-0.3, -0.25) is 4.79 Å². The lowest BCUT2D eigenvalue weighted by Gasteiger charge is -2.36. The van der Waals surface area contributed by atoms with Gasteiger partial charge in [-0.1, -0.05) is 0 Å². The minimum atomic E-state index is -0.774. The van der Waals surface area contributed by atoms with Gasteiger partial charge in [-0.25, -0.2) is 0 Å². The Morgan fingerprint density at radius 1 is 1.69 bits per heavy atom. The van der Waals surface area contributed by atoms with E-state index in [1.165, 1.54) is 4.90 Å². The van der Waals surface area contributed by atoms with E-state index in [4.69, 9.17) is 10.4 Å². The number of carbonyl (C=O) groups excluding carboxylic acids is 1. The maximum Gasteiger partial charge on any atom is 0.242 e. The van der Waals surface area contributed by atoms with Gasteiger partial charge in [-0.2, -0.15) is 5.26 Å². The molecule has 1 aliphatic rings. The summed E-state index contributed by atoms with van der Waals surface area (Å²) in [7, 11) is 1.62. The minimum Gasteiger partial charge on any atom is -0.395 e. The topological polar surface area (TPSA) is 64.3 Å². The van der Waals surface area contributed by atoms with Crippen molar-refractivity contribution in [1.82, 2.24) is 4.90 Å². The lowest BCUT2D eigenvalue weighted by molar-refractivity contribution is -0.142. The molecule has 1 aliphatic carbocycles. The largest absolute Gasteiger partial charge is 0.395 e. The van der Waals surface area contributed by atoms with Crippen LogP contribution in [0.2, 0.25) is 0 Å². The Bertz CT molecular complexity index is 240. The number of nitrogens with zero attached hydrogens (tertiary/aromatic N) is 2. The first kappa shape index (κ1) is 10.0. The zero-order valence-corrected chi connectivity index (χ0v) is 7.79. The predicted octanol–water partition coefficient (Wildman–Crippen LogP) is 0.131. The summed E-state index contributed by atoms with van der Waals surface area (Å²) in [6.07, 6.45) is 2.28. The fourth-order valence-corrected chi connectivity index (χ4v) is 1.52. The third-order valence-corrected chi connectivity index (χ3v) is 2.61. The number of hydrogen-bond acceptors (Lipinski definition) is 3. The van der Waals surface area contributed by atoms with E-state index < -0.39 is 5.41 Å². The van der Waals surface area contributed by atoms with Crippen molar-refractivity contribution in [3.8, 4) is 6.07 Å². The van der Waals surface area contributed by atoms with Crippen molar-refractivity contribution in [3.05, 3.63) is 0 Å². The molecule has 0 saturated heterocycles. The van der Waals surface area contributed by atoms with Crippen LogP contribution < -0.4 is 0 Å². The molecule has 13 heavy (non-hydrogen) atoms. The molecule has 1 fully saturated rings. The standard InChI is InChI=1S/C9H14N2O2/c1-11(5-6-12)8(13)9(7-10)3-2-4-9/h12H,2-6H2,1H3. The number of carbonyl (C=O) groups is 1. The molecule has 0 unspecified atom stereocenters. The molecule has 4 heteroatoms. The van der Waals surface area contributed by atoms with Crippen LogP contribution in [0, 0.1) is 16.7 Å². The van der Waals surface area contributed by atoms with Crippen LogP contribution in [0.1, 0.15) is 19.3 Å². The van der Waals surface area contributed by atoms with Crippen molar-refractivity contribution in [2.75, 3.05) is 20.2 Å². The molecule has 0 radical (unpaired) electrons. The summed E-state index contributed by atoms with van der Waals surface area (Å²) >= 11 is 0. The molecule has 0 aromatic carbocycles. The van der Waals surface area contributed by atoms with Gasteiger partial charge < -0.3 is 10.0 Å². The highest BCUT2D eigenvalue weighted by Crippen LogP contribution is 2.41. The molecular weight excluding hydrogens is 168 g/mol. The van der Waals surface area contributed by atoms with E-state index in [0.29, 0.717) is 19.4 Å². The highest BCUT2D eigenvalue weighted by molar-refractivity contribution is 5.86. The van der Waals surface area contributed by atoms with Gasteiger partial charge >= 0.3 is 0 Å².